The van der Waals surface area contributed by atoms with E-state index in [0.29, 0.717) is 18.3 Å². The molecule has 0 aromatic carbocycles. The summed E-state index contributed by atoms with van der Waals surface area (Å²) in [6, 6.07) is 2.45. The topological polar surface area (TPSA) is 72.1 Å². The van der Waals surface area contributed by atoms with Gasteiger partial charge in [0.05, 0.1) is 5.69 Å². The summed E-state index contributed by atoms with van der Waals surface area (Å²) in [7, 11) is 1.85. The summed E-state index contributed by atoms with van der Waals surface area (Å²) in [4.78, 5) is 18.0. The van der Waals surface area contributed by atoms with Crippen LogP contribution in [0, 0.1) is 12.3 Å². The van der Waals surface area contributed by atoms with Crippen molar-refractivity contribution in [3.63, 3.8) is 0 Å². The number of nitrogens with zero attached hydrogens (tertiary/aromatic N) is 7. The van der Waals surface area contributed by atoms with E-state index < -0.39 is 0 Å². The molecule has 2 aliphatic rings. The van der Waals surface area contributed by atoms with Crippen LogP contribution >= 0.6 is 0 Å². The number of likely N-dealkylation sites (tertiary alicyclic amines) is 2. The van der Waals surface area contributed by atoms with Crippen LogP contribution in [0.3, 0.4) is 0 Å². The molecular formula is C22H35N7O. The second kappa shape index (κ2) is 8.13. The van der Waals surface area contributed by atoms with Crippen molar-refractivity contribution in [2.75, 3.05) is 26.2 Å². The summed E-state index contributed by atoms with van der Waals surface area (Å²) in [5, 5.41) is 13.2. The molecule has 4 heterocycles. The number of hydrogen-bond donors (Lipinski definition) is 0. The van der Waals surface area contributed by atoms with Gasteiger partial charge in [0.25, 0.3) is 5.91 Å². The predicted molar refractivity (Wildman–Crippen MR) is 115 cm³/mol. The van der Waals surface area contributed by atoms with Gasteiger partial charge in [-0.05, 0) is 59.2 Å². The van der Waals surface area contributed by atoms with Crippen molar-refractivity contribution in [1.29, 1.82) is 0 Å². The molecule has 0 N–H and O–H groups in total. The Morgan fingerprint density at radius 2 is 2.03 bits per heavy atom. The number of hydrogen-bond acceptors (Lipinski definition) is 5. The van der Waals surface area contributed by atoms with Crippen molar-refractivity contribution in [3.8, 4) is 0 Å². The van der Waals surface area contributed by atoms with E-state index in [2.05, 4.69) is 45.5 Å². The summed E-state index contributed by atoms with van der Waals surface area (Å²) >= 11 is 0. The normalized spacial score (nSPS) is 21.8. The van der Waals surface area contributed by atoms with Gasteiger partial charge in [-0.2, -0.15) is 5.10 Å². The van der Waals surface area contributed by atoms with Crippen molar-refractivity contribution < 1.29 is 4.79 Å². The Labute approximate surface area is 179 Å². The highest BCUT2D eigenvalue weighted by molar-refractivity contribution is 5.93. The Kier molecular flexibility index (Phi) is 5.70. The van der Waals surface area contributed by atoms with Crippen molar-refractivity contribution in [1.82, 2.24) is 34.3 Å². The number of aryl methyl sites for hydroxylation is 3. The maximum atomic E-state index is 13.4. The van der Waals surface area contributed by atoms with Gasteiger partial charge in [0.2, 0.25) is 0 Å². The van der Waals surface area contributed by atoms with Crippen LogP contribution in [-0.2, 0) is 13.6 Å². The Morgan fingerprint density at radius 3 is 2.63 bits per heavy atom. The molecule has 8 heteroatoms. The molecule has 2 fully saturated rings. The summed E-state index contributed by atoms with van der Waals surface area (Å²) in [5.41, 5.74) is 1.60. The lowest BCUT2D eigenvalue weighted by atomic mass is 9.70. The molecule has 1 amide bonds. The van der Waals surface area contributed by atoms with E-state index in [1.54, 1.807) is 4.68 Å². The zero-order valence-corrected chi connectivity index (χ0v) is 19.0. The molecular weight excluding hydrogens is 378 g/mol. The average Bonchev–Trinajstić information content (AvgIpc) is 3.39. The lowest BCUT2D eigenvalue weighted by molar-refractivity contribution is 0.0639. The first-order chi connectivity index (χ1) is 14.3. The van der Waals surface area contributed by atoms with E-state index in [-0.39, 0.29) is 17.2 Å². The summed E-state index contributed by atoms with van der Waals surface area (Å²) in [5.74, 6) is 1.35. The third-order valence-electron chi connectivity index (χ3n) is 7.10. The van der Waals surface area contributed by atoms with Crippen LogP contribution in [0.5, 0.6) is 0 Å². The third kappa shape index (κ3) is 3.66. The van der Waals surface area contributed by atoms with Gasteiger partial charge in [-0.3, -0.25) is 9.48 Å². The lowest BCUT2D eigenvalue weighted by Gasteiger charge is -2.43. The van der Waals surface area contributed by atoms with E-state index in [0.717, 1.165) is 57.0 Å². The molecule has 4 rings (SSSR count). The van der Waals surface area contributed by atoms with Gasteiger partial charge in [0.1, 0.15) is 17.8 Å². The molecule has 2 aromatic heterocycles. The summed E-state index contributed by atoms with van der Waals surface area (Å²) < 4.78 is 3.90. The Hall–Kier alpha value is -2.22. The van der Waals surface area contributed by atoms with E-state index in [4.69, 9.17) is 0 Å². The van der Waals surface area contributed by atoms with E-state index in [1.165, 1.54) is 0 Å². The standard InChI is InChI=1S/C22H35N7O/c1-6-9-28-15-23-24-20(28)18-13-29(21(30)19-12-17(4)25-26(19)5)14-22(18)7-10-27(11-8-22)16(2)3/h12,15-16,18H,6-11,13-14H2,1-5H3. The zero-order chi connectivity index (χ0) is 21.5. The molecule has 2 aromatic rings. The van der Waals surface area contributed by atoms with Crippen molar-refractivity contribution in [2.24, 2.45) is 12.5 Å². The second-order valence-corrected chi connectivity index (χ2v) is 9.41. The molecule has 8 nitrogen and oxygen atoms in total. The average molecular weight is 414 g/mol. The molecule has 2 aliphatic heterocycles. The smallest absolute Gasteiger partial charge is 0.272 e. The highest BCUT2D eigenvalue weighted by Gasteiger charge is 2.52. The van der Waals surface area contributed by atoms with Crippen LogP contribution in [0.15, 0.2) is 12.4 Å². The fourth-order valence-electron chi connectivity index (χ4n) is 5.39. The minimum absolute atomic E-state index is 0.0627. The first-order valence-corrected chi connectivity index (χ1v) is 11.3. The first-order valence-electron chi connectivity index (χ1n) is 11.3. The largest absolute Gasteiger partial charge is 0.336 e. The maximum Gasteiger partial charge on any atom is 0.272 e. The highest BCUT2D eigenvalue weighted by Crippen LogP contribution is 2.49. The van der Waals surface area contributed by atoms with Crippen LogP contribution in [0.1, 0.15) is 68.0 Å². The molecule has 0 radical (unpaired) electrons. The molecule has 1 unspecified atom stereocenters. The van der Waals surface area contributed by atoms with Gasteiger partial charge in [-0.15, -0.1) is 10.2 Å². The predicted octanol–water partition coefficient (Wildman–Crippen LogP) is 2.46. The number of carbonyl (C=O) groups excluding carboxylic acids is 1. The van der Waals surface area contributed by atoms with Crippen LogP contribution in [0.2, 0.25) is 0 Å². The number of rotatable bonds is 5. The van der Waals surface area contributed by atoms with Gasteiger partial charge in [0, 0.05) is 44.1 Å². The number of amides is 1. The molecule has 2 saturated heterocycles. The van der Waals surface area contributed by atoms with Crippen LogP contribution < -0.4 is 0 Å². The minimum atomic E-state index is 0.0627. The summed E-state index contributed by atoms with van der Waals surface area (Å²) in [6.07, 6.45) is 5.07. The Bertz CT molecular complexity index is 891. The van der Waals surface area contributed by atoms with Gasteiger partial charge in [-0.1, -0.05) is 6.92 Å². The van der Waals surface area contributed by atoms with Gasteiger partial charge >= 0.3 is 0 Å². The fourth-order valence-corrected chi connectivity index (χ4v) is 5.39. The SMILES string of the molecule is CCCn1cnnc1C1CN(C(=O)c2cc(C)nn2C)CC12CCN(C(C)C)CC2. The number of carbonyl (C=O) groups is 1. The first kappa shape index (κ1) is 21.0. The molecule has 0 bridgehead atoms. The van der Waals surface area contributed by atoms with Crippen molar-refractivity contribution in [2.45, 2.75) is 65.5 Å². The van der Waals surface area contributed by atoms with Gasteiger partial charge in [0.15, 0.2) is 0 Å². The van der Waals surface area contributed by atoms with E-state index >= 15 is 0 Å². The highest BCUT2D eigenvalue weighted by atomic mass is 16.2. The van der Waals surface area contributed by atoms with Gasteiger partial charge in [-0.25, -0.2) is 0 Å². The molecule has 1 atom stereocenters. The quantitative estimate of drug-likeness (QED) is 0.753. The van der Waals surface area contributed by atoms with Crippen LogP contribution in [0.25, 0.3) is 0 Å². The minimum Gasteiger partial charge on any atom is -0.336 e. The maximum absolute atomic E-state index is 13.4. The van der Waals surface area contributed by atoms with Crippen LogP contribution in [0.4, 0.5) is 0 Å². The summed E-state index contributed by atoms with van der Waals surface area (Å²) in [6.45, 7) is 13.2. The molecule has 0 aliphatic carbocycles. The van der Waals surface area contributed by atoms with E-state index in [1.807, 2.05) is 31.3 Å². The molecule has 1 spiro atoms. The van der Waals surface area contributed by atoms with Gasteiger partial charge < -0.3 is 14.4 Å². The monoisotopic (exact) mass is 413 g/mol. The lowest BCUT2D eigenvalue weighted by Crippen LogP contribution is -2.46. The Morgan fingerprint density at radius 1 is 1.30 bits per heavy atom. The zero-order valence-electron chi connectivity index (χ0n) is 19.0. The number of aromatic nitrogens is 5. The molecule has 0 saturated carbocycles. The van der Waals surface area contributed by atoms with E-state index in [9.17, 15) is 4.79 Å². The Balaban J connectivity index is 1.65. The molecule has 164 valence electrons. The van der Waals surface area contributed by atoms with Crippen molar-refractivity contribution >= 4 is 5.91 Å². The van der Waals surface area contributed by atoms with Crippen molar-refractivity contribution in [3.05, 3.63) is 29.6 Å². The number of piperidine rings is 1. The van der Waals surface area contributed by atoms with Crippen LogP contribution in [-0.4, -0.2) is 72.5 Å². The molecule has 30 heavy (non-hydrogen) atoms. The second-order valence-electron chi connectivity index (χ2n) is 9.41. The fraction of sp³-hybridized carbons (Fsp3) is 0.727. The third-order valence-corrected chi connectivity index (χ3v) is 7.10.